The van der Waals surface area contributed by atoms with Crippen molar-refractivity contribution >= 4 is 23.1 Å². The molecule has 0 spiro atoms. The molecule has 160 valence electrons. The molecule has 0 aromatic carbocycles. The predicted molar refractivity (Wildman–Crippen MR) is 125 cm³/mol. The van der Waals surface area contributed by atoms with Crippen molar-refractivity contribution in [2.24, 2.45) is 5.16 Å². The van der Waals surface area contributed by atoms with Crippen LogP contribution in [0, 0.1) is 0 Å². The first kappa shape index (κ1) is 26.4. The van der Waals surface area contributed by atoms with Crippen molar-refractivity contribution < 1.29 is 4.84 Å². The monoisotopic (exact) mass is 398 g/mol. The summed E-state index contributed by atoms with van der Waals surface area (Å²) in [6.45, 7) is 7.17. The first-order chi connectivity index (χ1) is 13.2. The van der Waals surface area contributed by atoms with E-state index in [-0.39, 0.29) is 0 Å². The topological polar surface area (TPSA) is 33.6 Å². The molecule has 0 aromatic heterocycles. The van der Waals surface area contributed by atoms with E-state index in [1.165, 1.54) is 96.3 Å². The molecule has 0 aliphatic rings. The average molecular weight is 399 g/mol. The summed E-state index contributed by atoms with van der Waals surface area (Å²) >= 11 is 5.09. The van der Waals surface area contributed by atoms with E-state index in [0.29, 0.717) is 5.17 Å². The molecule has 0 amide bonds. The molecule has 0 aromatic rings. The summed E-state index contributed by atoms with van der Waals surface area (Å²) in [4.78, 5) is 5.13. The van der Waals surface area contributed by atoms with Gasteiger partial charge < -0.3 is 10.2 Å². The largest absolute Gasteiger partial charge is 0.345 e. The molecular formula is C23H46N2OS. The van der Waals surface area contributed by atoms with E-state index < -0.39 is 0 Å². The molecule has 0 saturated carbocycles. The fraction of sp³-hybridized carbons (Fsp3) is 0.913. The second kappa shape index (κ2) is 21.7. The van der Waals surface area contributed by atoms with Gasteiger partial charge in [-0.2, -0.15) is 0 Å². The van der Waals surface area contributed by atoms with Gasteiger partial charge in [-0.15, -0.1) is 0 Å². The lowest BCUT2D eigenvalue weighted by atomic mass is 10.0. The zero-order chi connectivity index (χ0) is 20.0. The van der Waals surface area contributed by atoms with Crippen LogP contribution in [0.5, 0.6) is 0 Å². The van der Waals surface area contributed by atoms with E-state index in [0.717, 1.165) is 25.1 Å². The third-order valence-corrected chi connectivity index (χ3v) is 5.31. The Kier molecular flexibility index (Phi) is 21.1. The second-order valence-electron chi connectivity index (χ2n) is 7.79. The first-order valence-corrected chi connectivity index (χ1v) is 12.1. The molecule has 1 N–H and O–H groups in total. The molecule has 4 heteroatoms. The Labute approximate surface area is 175 Å². The summed E-state index contributed by atoms with van der Waals surface area (Å²) in [5.41, 5.74) is 0.960. The number of rotatable bonds is 19. The number of hydrogen-bond acceptors (Lipinski definition) is 3. The SMILES string of the molecule is CCCCCCCCCCCCCCCCCCNC(=S)O/N=C(\C)CC. The first-order valence-electron chi connectivity index (χ1n) is 11.7. The maximum Gasteiger partial charge on any atom is 0.289 e. The highest BCUT2D eigenvalue weighted by Crippen LogP contribution is 2.13. The van der Waals surface area contributed by atoms with E-state index in [2.05, 4.69) is 24.3 Å². The molecule has 0 aliphatic carbocycles. The van der Waals surface area contributed by atoms with Crippen LogP contribution in [0.2, 0.25) is 0 Å². The molecule has 0 aliphatic heterocycles. The highest BCUT2D eigenvalue weighted by molar-refractivity contribution is 7.80. The Hall–Kier alpha value is -0.640. The van der Waals surface area contributed by atoms with Crippen molar-refractivity contribution in [1.29, 1.82) is 0 Å². The van der Waals surface area contributed by atoms with E-state index >= 15 is 0 Å². The zero-order valence-electron chi connectivity index (χ0n) is 18.5. The molecule has 0 fully saturated rings. The lowest BCUT2D eigenvalue weighted by molar-refractivity contribution is 0.319. The van der Waals surface area contributed by atoms with Crippen molar-refractivity contribution in [3.63, 3.8) is 0 Å². The van der Waals surface area contributed by atoms with Crippen LogP contribution in [-0.2, 0) is 4.84 Å². The van der Waals surface area contributed by atoms with Crippen LogP contribution in [0.3, 0.4) is 0 Å². The van der Waals surface area contributed by atoms with Crippen LogP contribution in [0.15, 0.2) is 5.16 Å². The molecule has 0 rings (SSSR count). The predicted octanol–water partition coefficient (Wildman–Crippen LogP) is 7.92. The van der Waals surface area contributed by atoms with Crippen molar-refractivity contribution in [2.45, 2.75) is 130 Å². The van der Waals surface area contributed by atoms with Gasteiger partial charge in [-0.3, -0.25) is 0 Å². The van der Waals surface area contributed by atoms with Crippen LogP contribution in [0.1, 0.15) is 130 Å². The normalized spacial score (nSPS) is 11.6. The van der Waals surface area contributed by atoms with Crippen molar-refractivity contribution in [1.82, 2.24) is 5.32 Å². The van der Waals surface area contributed by atoms with Crippen molar-refractivity contribution in [3.05, 3.63) is 0 Å². The number of hydrogen-bond donors (Lipinski definition) is 1. The average Bonchev–Trinajstić information content (AvgIpc) is 2.68. The Morgan fingerprint density at radius 3 is 1.52 bits per heavy atom. The Morgan fingerprint density at radius 1 is 0.704 bits per heavy atom. The Bertz CT molecular complexity index is 358. The van der Waals surface area contributed by atoms with Gasteiger partial charge in [0.15, 0.2) is 0 Å². The van der Waals surface area contributed by atoms with Gasteiger partial charge in [0.2, 0.25) is 0 Å². The lowest BCUT2D eigenvalue weighted by Gasteiger charge is -2.06. The van der Waals surface area contributed by atoms with E-state index in [1.807, 2.05) is 6.92 Å². The van der Waals surface area contributed by atoms with Gasteiger partial charge >= 0.3 is 0 Å². The second-order valence-corrected chi connectivity index (χ2v) is 8.16. The molecule has 3 nitrogen and oxygen atoms in total. The summed E-state index contributed by atoms with van der Waals surface area (Å²) in [6.07, 6.45) is 23.2. The molecular weight excluding hydrogens is 352 g/mol. The molecule has 0 unspecified atom stereocenters. The summed E-state index contributed by atoms with van der Waals surface area (Å²) < 4.78 is 0. The fourth-order valence-electron chi connectivity index (χ4n) is 3.08. The van der Waals surface area contributed by atoms with Gasteiger partial charge in [0.1, 0.15) is 0 Å². The van der Waals surface area contributed by atoms with Gasteiger partial charge in [-0.1, -0.05) is 115 Å². The van der Waals surface area contributed by atoms with Crippen LogP contribution in [0.4, 0.5) is 0 Å². The number of nitrogens with zero attached hydrogens (tertiary/aromatic N) is 1. The summed E-state index contributed by atoms with van der Waals surface area (Å²) in [5, 5.41) is 7.46. The third-order valence-electron chi connectivity index (χ3n) is 5.10. The molecule has 27 heavy (non-hydrogen) atoms. The molecule has 0 saturated heterocycles. The number of oxime groups is 1. The highest BCUT2D eigenvalue weighted by Gasteiger charge is 1.97. The standard InChI is InChI=1S/C23H46N2OS/c1-4-6-7-8-9-10-11-12-13-14-15-16-17-18-19-20-21-24-23(27)26-25-22(3)5-2/h4-21H2,1-3H3,(H,24,27)/b25-22+. The van der Waals surface area contributed by atoms with Gasteiger partial charge in [0.25, 0.3) is 5.17 Å². The summed E-state index contributed by atoms with van der Waals surface area (Å²) in [7, 11) is 0. The van der Waals surface area contributed by atoms with Gasteiger partial charge in [-0.25, -0.2) is 0 Å². The fourth-order valence-corrected chi connectivity index (χ4v) is 3.22. The van der Waals surface area contributed by atoms with Gasteiger partial charge in [0.05, 0.1) is 5.71 Å². The van der Waals surface area contributed by atoms with Gasteiger partial charge in [0, 0.05) is 6.54 Å². The van der Waals surface area contributed by atoms with Crippen molar-refractivity contribution in [2.75, 3.05) is 6.54 Å². The van der Waals surface area contributed by atoms with Crippen molar-refractivity contribution in [3.8, 4) is 0 Å². The van der Waals surface area contributed by atoms with Crippen LogP contribution < -0.4 is 5.32 Å². The number of thiocarbonyl (C=S) groups is 1. The van der Waals surface area contributed by atoms with Gasteiger partial charge in [-0.05, 0) is 32.0 Å². The third kappa shape index (κ3) is 21.5. The quantitative estimate of drug-likeness (QED) is 0.104. The Morgan fingerprint density at radius 2 is 1.11 bits per heavy atom. The number of unbranched alkanes of at least 4 members (excludes halogenated alkanes) is 15. The maximum absolute atomic E-state index is 5.13. The highest BCUT2D eigenvalue weighted by atomic mass is 32.1. The van der Waals surface area contributed by atoms with Crippen LogP contribution >= 0.6 is 12.2 Å². The molecule has 0 bridgehead atoms. The minimum absolute atomic E-state index is 0.392. The Balaban J connectivity index is 3.16. The van der Waals surface area contributed by atoms with E-state index in [4.69, 9.17) is 17.1 Å². The van der Waals surface area contributed by atoms with Crippen LogP contribution in [0.25, 0.3) is 0 Å². The maximum atomic E-state index is 5.13. The minimum Gasteiger partial charge on any atom is -0.345 e. The minimum atomic E-state index is 0.392. The lowest BCUT2D eigenvalue weighted by Crippen LogP contribution is -2.23. The molecule has 0 atom stereocenters. The molecule has 0 heterocycles. The van der Waals surface area contributed by atoms with E-state index in [9.17, 15) is 0 Å². The summed E-state index contributed by atoms with van der Waals surface area (Å²) in [5.74, 6) is 0. The zero-order valence-corrected chi connectivity index (χ0v) is 19.3. The van der Waals surface area contributed by atoms with Crippen LogP contribution in [-0.4, -0.2) is 17.4 Å². The summed E-state index contributed by atoms with van der Waals surface area (Å²) in [6, 6.07) is 0. The molecule has 0 radical (unpaired) electrons. The number of nitrogens with one attached hydrogen (secondary N) is 1. The smallest absolute Gasteiger partial charge is 0.289 e. The van der Waals surface area contributed by atoms with E-state index in [1.54, 1.807) is 0 Å².